The van der Waals surface area contributed by atoms with Crippen molar-refractivity contribution in [3.63, 3.8) is 0 Å². The molecule has 1 atom stereocenters. The lowest BCUT2D eigenvalue weighted by Gasteiger charge is -2.38. The second-order valence-corrected chi connectivity index (χ2v) is 12.7. The van der Waals surface area contributed by atoms with Gasteiger partial charge in [-0.05, 0) is 57.2 Å². The largest absolute Gasteiger partial charge is 0.511 e. The van der Waals surface area contributed by atoms with Crippen LogP contribution in [0.3, 0.4) is 0 Å². The molecule has 1 aromatic carbocycles. The molecule has 0 radical (unpaired) electrons. The summed E-state index contributed by atoms with van der Waals surface area (Å²) in [6.45, 7) is 2.91. The summed E-state index contributed by atoms with van der Waals surface area (Å²) in [6.07, 6.45) is -0.0301. The fraction of sp³-hybridized carbons (Fsp3) is 0.536. The minimum Gasteiger partial charge on any atom is -0.478 e. The molecular formula is C28H34F3N5O9S. The lowest BCUT2D eigenvalue weighted by molar-refractivity contribution is -0.163. The van der Waals surface area contributed by atoms with Gasteiger partial charge in [0.2, 0.25) is 11.5 Å². The van der Waals surface area contributed by atoms with Crippen LogP contribution in [0.2, 0.25) is 0 Å². The number of aryl methyl sites for hydroxylation is 1. The maximum Gasteiger partial charge on any atom is 0.511 e. The van der Waals surface area contributed by atoms with Crippen LogP contribution >= 0.6 is 0 Å². The van der Waals surface area contributed by atoms with E-state index in [0.717, 1.165) is 5.56 Å². The number of carboxylic acids is 1. The molecule has 4 rings (SSSR count). The topological polar surface area (TPSA) is 185 Å². The minimum atomic E-state index is -5.72. The summed E-state index contributed by atoms with van der Waals surface area (Å²) in [7, 11) is -5.72. The fourth-order valence-corrected chi connectivity index (χ4v) is 5.58. The van der Waals surface area contributed by atoms with E-state index in [1.165, 1.54) is 20.6 Å². The third-order valence-electron chi connectivity index (χ3n) is 7.77. The third-order valence-corrected chi connectivity index (χ3v) is 8.96. The summed E-state index contributed by atoms with van der Waals surface area (Å²) in [5.41, 5.74) is -6.29. The van der Waals surface area contributed by atoms with E-state index in [1.54, 1.807) is 32.0 Å². The maximum absolute atomic E-state index is 13.5. The number of halogens is 3. The number of nitrogens with zero attached hydrogens (tertiary/aromatic N) is 3. The average molecular weight is 674 g/mol. The molecule has 3 amide bonds. The number of pyridine rings is 1. The van der Waals surface area contributed by atoms with Crippen LogP contribution in [0, 0.1) is 6.92 Å². The van der Waals surface area contributed by atoms with Crippen molar-refractivity contribution in [3.8, 4) is 5.75 Å². The number of hydrogen-bond donors (Lipinski definition) is 3. The van der Waals surface area contributed by atoms with Crippen LogP contribution in [0.5, 0.6) is 5.75 Å². The van der Waals surface area contributed by atoms with E-state index >= 15 is 0 Å². The van der Waals surface area contributed by atoms with Gasteiger partial charge in [0.15, 0.2) is 0 Å². The van der Waals surface area contributed by atoms with E-state index < -0.39 is 64.0 Å². The number of benzene rings is 1. The number of amides is 3. The number of alkyl halides is 3. The number of sulfonamides is 1. The highest BCUT2D eigenvalue weighted by Gasteiger charge is 2.48. The lowest BCUT2D eigenvalue weighted by atomic mass is 9.80. The molecule has 3 N–H and O–H groups in total. The van der Waals surface area contributed by atoms with Crippen LogP contribution < -0.4 is 14.8 Å². The highest BCUT2D eigenvalue weighted by molar-refractivity contribution is 7.90. The molecule has 2 aliphatic rings. The molecule has 0 spiro atoms. The van der Waals surface area contributed by atoms with Crippen LogP contribution in [0.1, 0.15) is 48.7 Å². The second kappa shape index (κ2) is 13.7. The van der Waals surface area contributed by atoms with Gasteiger partial charge in [0, 0.05) is 44.2 Å². The van der Waals surface area contributed by atoms with Gasteiger partial charge in [-0.2, -0.15) is 13.2 Å². The summed E-state index contributed by atoms with van der Waals surface area (Å²) < 4.78 is 74.1. The number of rotatable bonds is 11. The number of carbonyl (C=O) groups excluding carboxylic acids is 3. The zero-order chi connectivity index (χ0) is 33.9. The first-order valence-electron chi connectivity index (χ1n) is 14.5. The van der Waals surface area contributed by atoms with Crippen LogP contribution in [0.15, 0.2) is 24.3 Å². The van der Waals surface area contributed by atoms with Gasteiger partial charge in [0.05, 0.1) is 12.1 Å². The molecule has 46 heavy (non-hydrogen) atoms. The van der Waals surface area contributed by atoms with E-state index in [2.05, 4.69) is 10.3 Å². The van der Waals surface area contributed by atoms with Crippen molar-refractivity contribution >= 4 is 44.8 Å². The number of ether oxygens (including phenoxy) is 2. The first-order valence-corrected chi connectivity index (χ1v) is 16.0. The summed E-state index contributed by atoms with van der Waals surface area (Å²) in [4.78, 5) is 58.1. The standard InChI is InChI=1S/C28H34F3N5O9S/c1-3-44-26(41)36-13-11-35(12-14-36)24(38)19(7-10-32-46(42,43)28(29,30)31)34-23(37)21-16-22(45-27(25(39)40)8-4-9-27)18-6-5-17(2)15-20(18)33-21/h5-6,15-16,19,32H,3-4,7-14H2,1-2H3,(H,34,37)(H,39,40). The predicted molar refractivity (Wildman–Crippen MR) is 155 cm³/mol. The Labute approximate surface area is 262 Å². The van der Waals surface area contributed by atoms with Gasteiger partial charge >= 0.3 is 27.6 Å². The van der Waals surface area contributed by atoms with Gasteiger partial charge in [-0.15, -0.1) is 0 Å². The van der Waals surface area contributed by atoms with Gasteiger partial charge in [-0.1, -0.05) is 6.07 Å². The van der Waals surface area contributed by atoms with Crippen molar-refractivity contribution in [1.82, 2.24) is 24.8 Å². The van der Waals surface area contributed by atoms with Crippen molar-refractivity contribution in [1.29, 1.82) is 0 Å². The smallest absolute Gasteiger partial charge is 0.478 e. The summed E-state index contributed by atoms with van der Waals surface area (Å²) in [6, 6.07) is 4.78. The first kappa shape index (κ1) is 34.7. The van der Waals surface area contributed by atoms with Crippen LogP contribution in [-0.2, 0) is 24.3 Å². The zero-order valence-electron chi connectivity index (χ0n) is 25.1. The molecule has 2 fully saturated rings. The van der Waals surface area contributed by atoms with Gasteiger partial charge in [-0.3, -0.25) is 9.59 Å². The summed E-state index contributed by atoms with van der Waals surface area (Å²) in [5.74, 6) is -2.77. The van der Waals surface area contributed by atoms with Crippen LogP contribution in [-0.4, -0.2) is 109 Å². The Morgan fingerprint density at radius 1 is 1.09 bits per heavy atom. The maximum atomic E-state index is 13.5. The molecule has 1 unspecified atom stereocenters. The Kier molecular flexibility index (Phi) is 10.3. The molecule has 1 saturated carbocycles. The normalized spacial score (nSPS) is 17.2. The first-order chi connectivity index (χ1) is 21.6. The number of piperazine rings is 1. The summed E-state index contributed by atoms with van der Waals surface area (Å²) in [5, 5.41) is 12.7. The van der Waals surface area contributed by atoms with Crippen molar-refractivity contribution < 1.29 is 55.3 Å². The third kappa shape index (κ3) is 7.60. The Morgan fingerprint density at radius 3 is 2.30 bits per heavy atom. The van der Waals surface area contributed by atoms with Crippen molar-refractivity contribution in [3.05, 3.63) is 35.5 Å². The molecule has 252 valence electrons. The number of aromatic nitrogens is 1. The highest BCUT2D eigenvalue weighted by Crippen LogP contribution is 2.39. The Balaban J connectivity index is 1.59. The minimum absolute atomic E-state index is 0.0149. The fourth-order valence-electron chi connectivity index (χ4n) is 5.03. The Bertz CT molecular complexity index is 1610. The highest BCUT2D eigenvalue weighted by atomic mass is 32.2. The molecule has 14 nitrogen and oxygen atoms in total. The number of hydrogen-bond acceptors (Lipinski definition) is 9. The molecule has 1 aliphatic carbocycles. The molecule has 2 aromatic rings. The molecule has 1 aliphatic heterocycles. The number of nitrogens with one attached hydrogen (secondary N) is 2. The average Bonchev–Trinajstić information content (AvgIpc) is 2.96. The van der Waals surface area contributed by atoms with Crippen molar-refractivity contribution in [2.24, 2.45) is 0 Å². The second-order valence-electron chi connectivity index (χ2n) is 11.0. The SMILES string of the molecule is CCOC(=O)N1CCN(C(=O)C(CCNS(=O)(=O)C(F)(F)F)NC(=O)c2cc(OC3(C(=O)O)CCC3)c3ccc(C)cc3n2)CC1. The summed E-state index contributed by atoms with van der Waals surface area (Å²) >= 11 is 0. The monoisotopic (exact) mass is 673 g/mol. The number of fused-ring (bicyclic) bond motifs is 1. The van der Waals surface area contributed by atoms with E-state index in [9.17, 15) is 45.9 Å². The van der Waals surface area contributed by atoms with Crippen molar-refractivity contribution in [2.45, 2.75) is 56.7 Å². The predicted octanol–water partition coefficient (Wildman–Crippen LogP) is 2.16. The van der Waals surface area contributed by atoms with E-state index in [0.29, 0.717) is 17.3 Å². The van der Waals surface area contributed by atoms with Gasteiger partial charge in [0.25, 0.3) is 5.91 Å². The van der Waals surface area contributed by atoms with Crippen LogP contribution in [0.4, 0.5) is 18.0 Å². The van der Waals surface area contributed by atoms with E-state index in [1.807, 2.05) is 0 Å². The number of carboxylic acid groups (broad SMARTS) is 1. The number of aliphatic carboxylic acids is 1. The molecule has 0 bridgehead atoms. The Morgan fingerprint density at radius 2 is 1.74 bits per heavy atom. The quantitative estimate of drug-likeness (QED) is 0.319. The molecule has 1 aromatic heterocycles. The molecule has 1 saturated heterocycles. The van der Waals surface area contributed by atoms with Crippen LogP contribution in [0.25, 0.3) is 10.9 Å². The molecule has 2 heterocycles. The van der Waals surface area contributed by atoms with Gasteiger partial charge in [0.1, 0.15) is 17.5 Å². The van der Waals surface area contributed by atoms with Crippen molar-refractivity contribution in [2.75, 3.05) is 39.3 Å². The van der Waals surface area contributed by atoms with E-state index in [-0.39, 0.29) is 57.1 Å². The zero-order valence-corrected chi connectivity index (χ0v) is 25.9. The Hall–Kier alpha value is -4.19. The molecular weight excluding hydrogens is 639 g/mol. The molecule has 18 heteroatoms. The van der Waals surface area contributed by atoms with Gasteiger partial charge < -0.3 is 29.7 Å². The number of carbonyl (C=O) groups is 4. The van der Waals surface area contributed by atoms with E-state index in [4.69, 9.17) is 9.47 Å². The van der Waals surface area contributed by atoms with Gasteiger partial charge in [-0.25, -0.2) is 27.7 Å². The lowest BCUT2D eigenvalue weighted by Crippen LogP contribution is -2.56.